The van der Waals surface area contributed by atoms with E-state index in [-0.39, 0.29) is 16.5 Å². The number of aromatic nitrogens is 1. The molecule has 2 aromatic rings. The van der Waals surface area contributed by atoms with Crippen molar-refractivity contribution in [2.45, 2.75) is 0 Å². The molecule has 7 nitrogen and oxygen atoms in total. The largest absolute Gasteiger partial charge is 0.540 e. The van der Waals surface area contributed by atoms with E-state index in [1.54, 1.807) is 30.3 Å². The van der Waals surface area contributed by atoms with Gasteiger partial charge in [-0.3, -0.25) is 9.63 Å². The van der Waals surface area contributed by atoms with Crippen molar-refractivity contribution in [3.05, 3.63) is 41.4 Å². The first-order valence-corrected chi connectivity index (χ1v) is 6.25. The Morgan fingerprint density at radius 2 is 2.10 bits per heavy atom. The second-order valence-electron chi connectivity index (χ2n) is 3.42. The quantitative estimate of drug-likeness (QED) is 0.230. The molecule has 0 spiro atoms. The molecule has 0 fully saturated rings. The Hall–Kier alpha value is -2.74. The van der Waals surface area contributed by atoms with Crippen molar-refractivity contribution in [3.8, 4) is 5.75 Å². The molecule has 2 N–H and O–H groups in total. The minimum Gasteiger partial charge on any atom is -0.393 e. The van der Waals surface area contributed by atoms with Gasteiger partial charge < -0.3 is 10.5 Å². The number of nitrogens with two attached hydrogens (primary N) is 1. The number of rotatable bonds is 4. The van der Waals surface area contributed by atoms with E-state index in [0.29, 0.717) is 12.0 Å². The van der Waals surface area contributed by atoms with E-state index >= 15 is 0 Å². The van der Waals surface area contributed by atoms with Gasteiger partial charge in [-0.25, -0.2) is 9.78 Å². The summed E-state index contributed by atoms with van der Waals surface area (Å²) >= 11 is 1.14. The summed E-state index contributed by atoms with van der Waals surface area (Å²) in [6.45, 7) is 0. The van der Waals surface area contributed by atoms with Gasteiger partial charge >= 0.3 is 6.16 Å². The summed E-state index contributed by atoms with van der Waals surface area (Å²) in [5.41, 5.74) is 5.51. The molecule has 1 aromatic heterocycles. The summed E-state index contributed by atoms with van der Waals surface area (Å²) in [5, 5.41) is 5.19. The number of hydrogen-bond donors (Lipinski definition) is 1. The number of oxime groups is 1. The molecule has 2 rings (SSSR count). The van der Waals surface area contributed by atoms with Gasteiger partial charge in [-0.05, 0) is 12.1 Å². The van der Waals surface area contributed by atoms with Gasteiger partial charge in [-0.15, -0.1) is 11.3 Å². The highest BCUT2D eigenvalue weighted by Gasteiger charge is 2.10. The average Bonchev–Trinajstić information content (AvgIpc) is 2.87. The molecular formula is C12H9N3O4S. The first-order valence-electron chi connectivity index (χ1n) is 5.37. The van der Waals surface area contributed by atoms with Crippen molar-refractivity contribution in [1.82, 2.24) is 4.98 Å². The predicted molar refractivity (Wildman–Crippen MR) is 72.7 cm³/mol. The summed E-state index contributed by atoms with van der Waals surface area (Å²) < 4.78 is 4.82. The van der Waals surface area contributed by atoms with E-state index in [1.165, 1.54) is 5.38 Å². The SMILES string of the molecule is Nc1nc(C(C=O)=NOC(=O)Oc2ccccc2)cs1. The van der Waals surface area contributed by atoms with Crippen LogP contribution in [0.25, 0.3) is 0 Å². The molecule has 0 aliphatic rings. The molecule has 0 radical (unpaired) electrons. The normalized spacial score (nSPS) is 10.9. The van der Waals surface area contributed by atoms with E-state index in [0.717, 1.165) is 11.3 Å². The van der Waals surface area contributed by atoms with Crippen molar-refractivity contribution in [1.29, 1.82) is 0 Å². The minimum absolute atomic E-state index is 0.150. The number of para-hydroxylation sites is 1. The number of benzene rings is 1. The lowest BCUT2D eigenvalue weighted by Gasteiger charge is -2.00. The smallest absolute Gasteiger partial charge is 0.393 e. The van der Waals surface area contributed by atoms with Crippen molar-refractivity contribution < 1.29 is 19.2 Å². The highest BCUT2D eigenvalue weighted by molar-refractivity contribution is 7.13. The van der Waals surface area contributed by atoms with Gasteiger partial charge in [0.15, 0.2) is 17.1 Å². The van der Waals surface area contributed by atoms with Crippen molar-refractivity contribution in [2.75, 3.05) is 5.73 Å². The molecule has 0 saturated carbocycles. The zero-order valence-electron chi connectivity index (χ0n) is 10.1. The van der Waals surface area contributed by atoms with Crippen LogP contribution in [-0.2, 0) is 9.63 Å². The van der Waals surface area contributed by atoms with Gasteiger partial charge in [-0.1, -0.05) is 23.4 Å². The van der Waals surface area contributed by atoms with Crippen LogP contribution in [0, 0.1) is 0 Å². The van der Waals surface area contributed by atoms with Gasteiger partial charge in [-0.2, -0.15) is 0 Å². The molecule has 102 valence electrons. The third-order valence-electron chi connectivity index (χ3n) is 2.06. The third-order valence-corrected chi connectivity index (χ3v) is 2.73. The number of carbonyl (C=O) groups excluding carboxylic acids is 2. The molecule has 20 heavy (non-hydrogen) atoms. The molecule has 0 saturated heterocycles. The maximum atomic E-state index is 11.4. The summed E-state index contributed by atoms with van der Waals surface area (Å²) in [6, 6.07) is 8.31. The van der Waals surface area contributed by atoms with Crippen molar-refractivity contribution >= 4 is 34.6 Å². The van der Waals surface area contributed by atoms with E-state index in [9.17, 15) is 9.59 Å². The van der Waals surface area contributed by atoms with Gasteiger partial charge in [0.2, 0.25) is 0 Å². The fraction of sp³-hybridized carbons (Fsp3) is 0. The zero-order valence-corrected chi connectivity index (χ0v) is 10.9. The number of anilines is 1. The number of nitrogens with zero attached hydrogens (tertiary/aromatic N) is 2. The Bertz CT molecular complexity index is 639. The first-order chi connectivity index (χ1) is 9.69. The summed E-state index contributed by atoms with van der Waals surface area (Å²) in [4.78, 5) is 30.5. The van der Waals surface area contributed by atoms with Crippen LogP contribution in [0.1, 0.15) is 5.69 Å². The van der Waals surface area contributed by atoms with Crippen LogP contribution >= 0.6 is 11.3 Å². The molecule has 8 heteroatoms. The minimum atomic E-state index is -1.06. The maximum absolute atomic E-state index is 11.4. The number of hydrogen-bond acceptors (Lipinski definition) is 8. The Balaban J connectivity index is 2.00. The Morgan fingerprint density at radius 1 is 1.35 bits per heavy atom. The molecule has 1 heterocycles. The van der Waals surface area contributed by atoms with Gasteiger partial charge in [0.25, 0.3) is 0 Å². The van der Waals surface area contributed by atoms with E-state index in [1.807, 2.05) is 0 Å². The lowest BCUT2D eigenvalue weighted by molar-refractivity contribution is -0.102. The first kappa shape index (κ1) is 13.7. The highest BCUT2D eigenvalue weighted by atomic mass is 32.1. The number of aldehydes is 1. The Morgan fingerprint density at radius 3 is 2.70 bits per heavy atom. The lowest BCUT2D eigenvalue weighted by atomic mass is 10.3. The average molecular weight is 291 g/mol. The summed E-state index contributed by atoms with van der Waals surface area (Å²) in [7, 11) is 0. The van der Waals surface area contributed by atoms with Crippen LogP contribution in [0.4, 0.5) is 9.93 Å². The van der Waals surface area contributed by atoms with E-state index in [2.05, 4.69) is 15.0 Å². The molecule has 0 amide bonds. The fourth-order valence-corrected chi connectivity index (χ4v) is 1.78. The predicted octanol–water partition coefficient (Wildman–Crippen LogP) is 1.84. The van der Waals surface area contributed by atoms with Crippen LogP contribution in [0.3, 0.4) is 0 Å². The zero-order chi connectivity index (χ0) is 14.4. The van der Waals surface area contributed by atoms with Gasteiger partial charge in [0, 0.05) is 5.38 Å². The molecule has 0 atom stereocenters. The molecule has 1 aromatic carbocycles. The van der Waals surface area contributed by atoms with E-state index < -0.39 is 6.16 Å². The topological polar surface area (TPSA) is 104 Å². The second kappa shape index (κ2) is 6.43. The number of carbonyl (C=O) groups is 2. The van der Waals surface area contributed by atoms with Gasteiger partial charge in [0.05, 0.1) is 0 Å². The number of nitrogen functional groups attached to an aromatic ring is 1. The second-order valence-corrected chi connectivity index (χ2v) is 4.31. The summed E-state index contributed by atoms with van der Waals surface area (Å²) in [5.74, 6) is 0.304. The molecule has 0 aliphatic heterocycles. The molecular weight excluding hydrogens is 282 g/mol. The van der Waals surface area contributed by atoms with Gasteiger partial charge in [0.1, 0.15) is 11.4 Å². The van der Waals surface area contributed by atoms with Crippen LogP contribution in [-0.4, -0.2) is 23.1 Å². The summed E-state index contributed by atoms with van der Waals surface area (Å²) in [6.07, 6.45) is -0.650. The standard InChI is InChI=1S/C12H9N3O4S/c13-11-14-10(7-20-11)9(6-16)15-19-12(17)18-8-4-2-1-3-5-8/h1-7H,(H2,13,14). The number of thiazole rings is 1. The molecule has 0 aliphatic carbocycles. The van der Waals surface area contributed by atoms with Crippen LogP contribution in [0.5, 0.6) is 5.75 Å². The van der Waals surface area contributed by atoms with Crippen molar-refractivity contribution in [2.24, 2.45) is 5.16 Å². The molecule has 0 unspecified atom stereocenters. The monoisotopic (exact) mass is 291 g/mol. The van der Waals surface area contributed by atoms with E-state index in [4.69, 9.17) is 10.5 Å². The van der Waals surface area contributed by atoms with Crippen LogP contribution in [0.15, 0.2) is 40.9 Å². The third kappa shape index (κ3) is 3.62. The number of ether oxygens (including phenoxy) is 1. The highest BCUT2D eigenvalue weighted by Crippen LogP contribution is 2.12. The lowest BCUT2D eigenvalue weighted by Crippen LogP contribution is -2.11. The Kier molecular flexibility index (Phi) is 4.40. The van der Waals surface area contributed by atoms with Crippen LogP contribution in [0.2, 0.25) is 0 Å². The maximum Gasteiger partial charge on any atom is 0.540 e. The molecule has 0 bridgehead atoms. The Labute approximate surface area is 117 Å². The fourth-order valence-electron chi connectivity index (χ4n) is 1.22. The van der Waals surface area contributed by atoms with Crippen LogP contribution < -0.4 is 10.5 Å². The van der Waals surface area contributed by atoms with Crippen molar-refractivity contribution in [3.63, 3.8) is 0 Å².